The third-order valence-electron chi connectivity index (χ3n) is 5.41. The van der Waals surface area contributed by atoms with Crippen molar-refractivity contribution in [1.82, 2.24) is 10.2 Å². The average Bonchev–Trinajstić information content (AvgIpc) is 3.21. The molecule has 2 fully saturated rings. The van der Waals surface area contributed by atoms with Crippen molar-refractivity contribution in [1.29, 1.82) is 0 Å². The van der Waals surface area contributed by atoms with Gasteiger partial charge in [-0.05, 0) is 18.8 Å². The maximum Gasteiger partial charge on any atom is 0.243 e. The second-order valence-corrected chi connectivity index (χ2v) is 8.58. The molecule has 0 radical (unpaired) electrons. The van der Waals surface area contributed by atoms with Crippen LogP contribution in [0.3, 0.4) is 0 Å². The highest BCUT2D eigenvalue weighted by molar-refractivity contribution is 7.99. The highest BCUT2D eigenvalue weighted by atomic mass is 32.2. The molecule has 1 saturated carbocycles. The molecule has 3 N–H and O–H groups in total. The van der Waals surface area contributed by atoms with Crippen LogP contribution < -0.4 is 11.1 Å². The first-order valence-electron chi connectivity index (χ1n) is 10.7. The van der Waals surface area contributed by atoms with Crippen LogP contribution in [0.5, 0.6) is 0 Å². The molecule has 1 aliphatic heterocycles. The van der Waals surface area contributed by atoms with E-state index in [1.807, 2.05) is 0 Å². The summed E-state index contributed by atoms with van der Waals surface area (Å²) in [7, 11) is 0. The Morgan fingerprint density at radius 2 is 1.82 bits per heavy atom. The number of hydrogen-bond acceptors (Lipinski definition) is 6. The summed E-state index contributed by atoms with van der Waals surface area (Å²) >= 11 is 1.65. The average molecular weight is 416 g/mol. The van der Waals surface area contributed by atoms with E-state index in [9.17, 15) is 9.59 Å². The van der Waals surface area contributed by atoms with Crippen molar-refractivity contribution in [2.75, 3.05) is 51.1 Å². The Hall–Kier alpha value is -0.830. The largest absolute Gasteiger partial charge is 0.378 e. The van der Waals surface area contributed by atoms with Gasteiger partial charge in [0.2, 0.25) is 11.8 Å². The van der Waals surface area contributed by atoms with E-state index in [1.54, 1.807) is 16.7 Å². The summed E-state index contributed by atoms with van der Waals surface area (Å²) < 4.78 is 10.6. The zero-order valence-corrected chi connectivity index (χ0v) is 17.9. The summed E-state index contributed by atoms with van der Waals surface area (Å²) in [5.41, 5.74) is 5.33. The van der Waals surface area contributed by atoms with E-state index in [-0.39, 0.29) is 17.9 Å². The molecule has 0 spiro atoms. The molecule has 0 aromatic heterocycles. The quantitative estimate of drug-likeness (QED) is 0.445. The molecule has 0 aromatic rings. The molecule has 0 bridgehead atoms. The van der Waals surface area contributed by atoms with Crippen molar-refractivity contribution in [3.63, 3.8) is 0 Å². The number of nitrogens with one attached hydrogen (secondary N) is 1. The summed E-state index contributed by atoms with van der Waals surface area (Å²) in [5.74, 6) is 2.14. The highest BCUT2D eigenvalue weighted by Crippen LogP contribution is 2.28. The third-order valence-corrected chi connectivity index (χ3v) is 6.43. The molecule has 1 aliphatic carbocycles. The van der Waals surface area contributed by atoms with E-state index < -0.39 is 0 Å². The number of hydrogen-bond donors (Lipinski definition) is 2. The Bertz CT molecular complexity index is 461. The molecule has 7 nitrogen and oxygen atoms in total. The third kappa shape index (κ3) is 8.68. The summed E-state index contributed by atoms with van der Waals surface area (Å²) in [4.78, 5) is 26.8. The summed E-state index contributed by atoms with van der Waals surface area (Å²) in [6, 6.07) is -0.347. The zero-order valence-electron chi connectivity index (χ0n) is 17.0. The molecule has 1 unspecified atom stereocenters. The monoisotopic (exact) mass is 415 g/mol. The summed E-state index contributed by atoms with van der Waals surface area (Å²) in [6.45, 7) is 2.91. The molecule has 2 rings (SSSR count). The normalized spacial score (nSPS) is 20.5. The van der Waals surface area contributed by atoms with Gasteiger partial charge in [-0.1, -0.05) is 32.1 Å². The van der Waals surface area contributed by atoms with E-state index in [0.29, 0.717) is 57.6 Å². The molecule has 1 atom stereocenters. The topological polar surface area (TPSA) is 93.9 Å². The van der Waals surface area contributed by atoms with Crippen LogP contribution >= 0.6 is 11.8 Å². The lowest BCUT2D eigenvalue weighted by atomic mass is 9.86. The number of carbonyl (C=O) groups excluding carboxylic acids is 2. The van der Waals surface area contributed by atoms with Gasteiger partial charge in [-0.3, -0.25) is 9.59 Å². The smallest absolute Gasteiger partial charge is 0.243 e. The predicted molar refractivity (Wildman–Crippen MR) is 112 cm³/mol. The van der Waals surface area contributed by atoms with E-state index >= 15 is 0 Å². The second-order valence-electron chi connectivity index (χ2n) is 7.58. The maximum absolute atomic E-state index is 12.6. The molecule has 1 heterocycles. The molecule has 1 saturated heterocycles. The number of nitrogens with two attached hydrogens (primary N) is 1. The minimum atomic E-state index is -0.347. The summed E-state index contributed by atoms with van der Waals surface area (Å²) in [6.07, 6.45) is 9.34. The maximum atomic E-state index is 12.6. The minimum Gasteiger partial charge on any atom is -0.378 e. The molecule has 2 amide bonds. The predicted octanol–water partition coefficient (Wildman–Crippen LogP) is 1.75. The number of carbonyl (C=O) groups is 2. The SMILES string of the molecule is NCCOCCOCCNC(=O)C1CSCN1C(=O)CCCC1CCCCC1. The minimum absolute atomic E-state index is 0.0754. The number of rotatable bonds is 13. The van der Waals surface area contributed by atoms with Gasteiger partial charge in [0.25, 0.3) is 0 Å². The van der Waals surface area contributed by atoms with Crippen molar-refractivity contribution >= 4 is 23.6 Å². The first kappa shape index (κ1) is 23.4. The Labute approximate surface area is 173 Å². The van der Waals surface area contributed by atoms with Crippen LogP contribution in [0.15, 0.2) is 0 Å². The fourth-order valence-corrected chi connectivity index (χ4v) is 5.02. The number of nitrogens with zero attached hydrogens (tertiary/aromatic N) is 1. The van der Waals surface area contributed by atoms with Gasteiger partial charge < -0.3 is 25.4 Å². The van der Waals surface area contributed by atoms with Gasteiger partial charge in [0.1, 0.15) is 6.04 Å². The van der Waals surface area contributed by atoms with Crippen LogP contribution in [-0.2, 0) is 19.1 Å². The van der Waals surface area contributed by atoms with Gasteiger partial charge in [-0.15, -0.1) is 11.8 Å². The first-order chi connectivity index (χ1) is 13.7. The van der Waals surface area contributed by atoms with Crippen LogP contribution in [0.25, 0.3) is 0 Å². The number of amides is 2. The highest BCUT2D eigenvalue weighted by Gasteiger charge is 2.34. The molecular weight excluding hydrogens is 378 g/mol. The van der Waals surface area contributed by atoms with E-state index in [1.165, 1.54) is 32.1 Å². The molecule has 8 heteroatoms. The van der Waals surface area contributed by atoms with Gasteiger partial charge in [0, 0.05) is 25.3 Å². The van der Waals surface area contributed by atoms with Crippen LogP contribution in [0.2, 0.25) is 0 Å². The molecule has 0 aromatic carbocycles. The lowest BCUT2D eigenvalue weighted by Gasteiger charge is -2.24. The first-order valence-corrected chi connectivity index (χ1v) is 11.9. The Morgan fingerprint density at radius 3 is 2.57 bits per heavy atom. The van der Waals surface area contributed by atoms with Crippen molar-refractivity contribution in [3.8, 4) is 0 Å². The lowest BCUT2D eigenvalue weighted by Crippen LogP contribution is -2.47. The van der Waals surface area contributed by atoms with Crippen LogP contribution in [0.1, 0.15) is 51.4 Å². The Balaban J connectivity index is 1.58. The van der Waals surface area contributed by atoms with Crippen molar-refractivity contribution < 1.29 is 19.1 Å². The molecule has 28 heavy (non-hydrogen) atoms. The fraction of sp³-hybridized carbons (Fsp3) is 0.900. The zero-order chi connectivity index (χ0) is 20.0. The lowest BCUT2D eigenvalue weighted by molar-refractivity contribution is -0.138. The fourth-order valence-electron chi connectivity index (χ4n) is 3.84. The molecular formula is C20H37N3O4S. The van der Waals surface area contributed by atoms with Gasteiger partial charge in [0.05, 0.1) is 32.3 Å². The Kier molecular flexibility index (Phi) is 11.9. The van der Waals surface area contributed by atoms with Gasteiger partial charge in [-0.2, -0.15) is 0 Å². The number of thioether (sulfide) groups is 1. The van der Waals surface area contributed by atoms with Crippen molar-refractivity contribution in [2.45, 2.75) is 57.4 Å². The van der Waals surface area contributed by atoms with E-state index in [4.69, 9.17) is 15.2 Å². The van der Waals surface area contributed by atoms with Crippen LogP contribution in [0, 0.1) is 5.92 Å². The molecule has 2 aliphatic rings. The summed E-state index contributed by atoms with van der Waals surface area (Å²) in [5, 5.41) is 2.89. The van der Waals surface area contributed by atoms with Crippen LogP contribution in [0.4, 0.5) is 0 Å². The van der Waals surface area contributed by atoms with Crippen molar-refractivity contribution in [2.24, 2.45) is 11.7 Å². The van der Waals surface area contributed by atoms with Gasteiger partial charge >= 0.3 is 0 Å². The van der Waals surface area contributed by atoms with Gasteiger partial charge in [-0.25, -0.2) is 0 Å². The second kappa shape index (κ2) is 14.2. The van der Waals surface area contributed by atoms with E-state index in [0.717, 1.165) is 18.8 Å². The number of ether oxygens (including phenoxy) is 2. The van der Waals surface area contributed by atoms with Crippen LogP contribution in [-0.4, -0.2) is 73.9 Å². The van der Waals surface area contributed by atoms with Gasteiger partial charge in [0.15, 0.2) is 0 Å². The molecule has 162 valence electrons. The van der Waals surface area contributed by atoms with Crippen molar-refractivity contribution in [3.05, 3.63) is 0 Å². The Morgan fingerprint density at radius 1 is 1.07 bits per heavy atom. The standard InChI is InChI=1S/C20H37N3O4S/c21-9-11-26-13-14-27-12-10-22-20(25)18-15-28-16-23(18)19(24)8-4-7-17-5-2-1-3-6-17/h17-18H,1-16,21H2,(H,22,25). The van der Waals surface area contributed by atoms with E-state index in [2.05, 4.69) is 5.32 Å².